The quantitative estimate of drug-likeness (QED) is 0.590. The minimum atomic E-state index is -0.322. The van der Waals surface area contributed by atoms with E-state index < -0.39 is 0 Å². The van der Waals surface area contributed by atoms with E-state index in [2.05, 4.69) is 17.1 Å². The molecule has 1 heterocycles. The molecule has 0 aromatic heterocycles. The van der Waals surface area contributed by atoms with Gasteiger partial charge < -0.3 is 15.0 Å². The Labute approximate surface area is 212 Å². The molecule has 2 aliphatic carbocycles. The number of nitrogens with one attached hydrogen (secondary N) is 1. The summed E-state index contributed by atoms with van der Waals surface area (Å²) in [6.07, 6.45) is 4.51. The van der Waals surface area contributed by atoms with Gasteiger partial charge >= 0.3 is 0 Å². The summed E-state index contributed by atoms with van der Waals surface area (Å²) in [5.74, 6) is 0.310. The van der Waals surface area contributed by atoms with Crippen LogP contribution in [0.3, 0.4) is 0 Å². The fraction of sp³-hybridized carbons (Fsp3) is 0.367. The molecule has 186 valence electrons. The number of aryl methyl sites for hydroxylation is 1. The first-order chi connectivity index (χ1) is 17.5. The lowest BCUT2D eigenvalue weighted by molar-refractivity contribution is -0.118. The van der Waals surface area contributed by atoms with Gasteiger partial charge in [-0.25, -0.2) is 0 Å². The second kappa shape index (κ2) is 10.1. The second-order valence-corrected chi connectivity index (χ2v) is 9.72. The van der Waals surface area contributed by atoms with Crippen LogP contribution in [0.1, 0.15) is 62.5 Å². The number of nitrogens with zero attached hydrogens (tertiary/aromatic N) is 1. The number of ether oxygens (including phenoxy) is 1. The van der Waals surface area contributed by atoms with E-state index >= 15 is 0 Å². The van der Waals surface area contributed by atoms with E-state index in [0.717, 1.165) is 71.6 Å². The molecular formula is C30H32N2O4. The van der Waals surface area contributed by atoms with Crippen molar-refractivity contribution in [1.82, 2.24) is 4.90 Å². The largest absolute Gasteiger partial charge is 0.484 e. The second-order valence-electron chi connectivity index (χ2n) is 9.72. The first-order valence-electron chi connectivity index (χ1n) is 12.9. The van der Waals surface area contributed by atoms with Gasteiger partial charge in [-0.15, -0.1) is 0 Å². The van der Waals surface area contributed by atoms with E-state index in [9.17, 15) is 14.4 Å². The number of amides is 1. The van der Waals surface area contributed by atoms with Crippen molar-refractivity contribution in [1.29, 1.82) is 0 Å². The first kappa shape index (κ1) is 24.0. The highest BCUT2D eigenvalue weighted by Crippen LogP contribution is 2.49. The van der Waals surface area contributed by atoms with Crippen molar-refractivity contribution in [2.75, 3.05) is 18.5 Å². The lowest BCUT2D eigenvalue weighted by Crippen LogP contribution is -2.39. The molecule has 2 aromatic carbocycles. The number of hydrogen-bond acceptors (Lipinski definition) is 5. The Hall–Kier alpha value is -3.67. The Kier molecular flexibility index (Phi) is 6.77. The third-order valence-electron chi connectivity index (χ3n) is 7.32. The van der Waals surface area contributed by atoms with Gasteiger partial charge in [0.15, 0.2) is 18.2 Å². The highest BCUT2D eigenvalue weighted by atomic mass is 16.5. The minimum Gasteiger partial charge on any atom is -0.484 e. The van der Waals surface area contributed by atoms with Crippen LogP contribution in [0.4, 0.5) is 5.69 Å². The Morgan fingerprint density at radius 2 is 1.47 bits per heavy atom. The number of hydrogen-bond donors (Lipinski definition) is 1. The molecular weight excluding hydrogens is 452 g/mol. The maximum atomic E-state index is 13.2. The molecule has 0 bridgehead atoms. The summed E-state index contributed by atoms with van der Waals surface area (Å²) in [7, 11) is 0. The fourth-order valence-electron chi connectivity index (χ4n) is 5.67. The molecule has 36 heavy (non-hydrogen) atoms. The smallest absolute Gasteiger partial charge is 0.262 e. The van der Waals surface area contributed by atoms with Crippen LogP contribution in [0.5, 0.6) is 5.75 Å². The predicted octanol–water partition coefficient (Wildman–Crippen LogP) is 5.45. The fourth-order valence-corrected chi connectivity index (χ4v) is 5.67. The number of allylic oxidation sites excluding steroid dienone is 4. The summed E-state index contributed by atoms with van der Waals surface area (Å²) < 4.78 is 5.72. The Morgan fingerprint density at radius 1 is 0.889 bits per heavy atom. The van der Waals surface area contributed by atoms with Gasteiger partial charge in [0, 0.05) is 53.5 Å². The van der Waals surface area contributed by atoms with Crippen molar-refractivity contribution in [3.05, 3.63) is 82.2 Å². The molecule has 6 heteroatoms. The average molecular weight is 485 g/mol. The van der Waals surface area contributed by atoms with Gasteiger partial charge in [0.1, 0.15) is 5.75 Å². The van der Waals surface area contributed by atoms with Crippen molar-refractivity contribution < 1.29 is 19.1 Å². The molecule has 0 unspecified atom stereocenters. The van der Waals surface area contributed by atoms with Crippen LogP contribution >= 0.6 is 0 Å². The normalized spacial score (nSPS) is 18.2. The van der Waals surface area contributed by atoms with E-state index in [1.165, 1.54) is 0 Å². The first-order valence-corrected chi connectivity index (χ1v) is 12.9. The van der Waals surface area contributed by atoms with Crippen LogP contribution in [0.15, 0.2) is 71.1 Å². The zero-order valence-electron chi connectivity index (χ0n) is 20.9. The Bertz CT molecular complexity index is 1210. The van der Waals surface area contributed by atoms with Crippen molar-refractivity contribution in [2.45, 2.75) is 58.3 Å². The third kappa shape index (κ3) is 4.60. The molecule has 0 spiro atoms. The molecule has 2 aromatic rings. The van der Waals surface area contributed by atoms with Gasteiger partial charge in [-0.1, -0.05) is 29.8 Å². The van der Waals surface area contributed by atoms with E-state index in [1.54, 1.807) is 0 Å². The summed E-state index contributed by atoms with van der Waals surface area (Å²) in [5, 5.41) is 2.83. The Morgan fingerprint density at radius 3 is 2.03 bits per heavy atom. The van der Waals surface area contributed by atoms with Crippen molar-refractivity contribution in [3.63, 3.8) is 0 Å². The maximum absolute atomic E-state index is 13.2. The van der Waals surface area contributed by atoms with Gasteiger partial charge in [-0.05, 0) is 69.4 Å². The molecule has 0 saturated heterocycles. The SMILES string of the molecule is CCN1C2=C(C(=O)CCC2)C(c2ccc(OCC(=O)Nc3ccc(C)cc3)cc2)C2=C1CCCC2=O. The number of rotatable bonds is 6. The molecule has 0 atom stereocenters. The van der Waals surface area contributed by atoms with Crippen LogP contribution in [0.25, 0.3) is 0 Å². The van der Waals surface area contributed by atoms with Gasteiger partial charge in [-0.2, -0.15) is 0 Å². The summed E-state index contributed by atoms with van der Waals surface area (Å²) in [4.78, 5) is 40.9. The van der Waals surface area contributed by atoms with E-state index in [0.29, 0.717) is 18.6 Å². The van der Waals surface area contributed by atoms with Crippen molar-refractivity contribution >= 4 is 23.2 Å². The van der Waals surface area contributed by atoms with E-state index in [-0.39, 0.29) is 30.0 Å². The highest BCUT2D eigenvalue weighted by molar-refractivity contribution is 6.06. The molecule has 3 aliphatic rings. The topological polar surface area (TPSA) is 75.7 Å². The number of Topliss-reactive ketones (excluding diaryl/α,β-unsaturated/α-hetero) is 2. The summed E-state index contributed by atoms with van der Waals surface area (Å²) in [6.45, 7) is 4.75. The van der Waals surface area contributed by atoms with Crippen LogP contribution < -0.4 is 10.1 Å². The van der Waals surface area contributed by atoms with Crippen LogP contribution in [-0.4, -0.2) is 35.5 Å². The van der Waals surface area contributed by atoms with Gasteiger partial charge in [0.2, 0.25) is 0 Å². The van der Waals surface area contributed by atoms with Crippen LogP contribution in [0.2, 0.25) is 0 Å². The number of anilines is 1. The molecule has 1 aliphatic heterocycles. The highest BCUT2D eigenvalue weighted by Gasteiger charge is 2.42. The molecule has 0 fully saturated rings. The molecule has 1 N–H and O–H groups in total. The number of benzene rings is 2. The number of carbonyl (C=O) groups excluding carboxylic acids is 3. The zero-order chi connectivity index (χ0) is 25.2. The number of ketones is 2. The maximum Gasteiger partial charge on any atom is 0.262 e. The molecule has 1 amide bonds. The Balaban J connectivity index is 1.37. The average Bonchev–Trinajstić information content (AvgIpc) is 2.88. The monoisotopic (exact) mass is 484 g/mol. The standard InChI is InChI=1S/C30H32N2O4/c1-3-32-23-6-4-8-25(33)29(23)28(30-24(32)7-5-9-26(30)34)20-12-16-22(17-13-20)36-18-27(35)31-21-14-10-19(2)11-15-21/h10-17,28H,3-9,18H2,1-2H3,(H,31,35). The third-order valence-corrected chi connectivity index (χ3v) is 7.32. The molecule has 0 radical (unpaired) electrons. The van der Waals surface area contributed by atoms with E-state index in [1.807, 2.05) is 55.5 Å². The minimum absolute atomic E-state index is 0.107. The van der Waals surface area contributed by atoms with Crippen molar-refractivity contribution in [3.8, 4) is 5.75 Å². The summed E-state index contributed by atoms with van der Waals surface area (Å²) in [5.41, 5.74) is 6.56. The van der Waals surface area contributed by atoms with E-state index in [4.69, 9.17) is 4.74 Å². The lowest BCUT2D eigenvalue weighted by atomic mass is 9.71. The van der Waals surface area contributed by atoms with Crippen molar-refractivity contribution in [2.24, 2.45) is 0 Å². The molecule has 0 saturated carbocycles. The van der Waals surface area contributed by atoms with Gasteiger partial charge in [0.25, 0.3) is 5.91 Å². The van der Waals surface area contributed by atoms with Gasteiger partial charge in [0.05, 0.1) is 0 Å². The summed E-state index contributed by atoms with van der Waals surface area (Å²) in [6, 6.07) is 15.1. The van der Waals surface area contributed by atoms with Gasteiger partial charge in [-0.3, -0.25) is 14.4 Å². The predicted molar refractivity (Wildman–Crippen MR) is 139 cm³/mol. The van der Waals surface area contributed by atoms with Crippen LogP contribution in [0, 0.1) is 6.92 Å². The van der Waals surface area contributed by atoms with Crippen LogP contribution in [-0.2, 0) is 14.4 Å². The lowest BCUT2D eigenvalue weighted by Gasteiger charge is -2.43. The number of carbonyl (C=O) groups is 3. The molecule has 6 nitrogen and oxygen atoms in total. The zero-order valence-corrected chi connectivity index (χ0v) is 20.9. The summed E-state index contributed by atoms with van der Waals surface area (Å²) >= 11 is 0. The molecule has 5 rings (SSSR count).